The van der Waals surface area contributed by atoms with Crippen LogP contribution in [0.1, 0.15) is 31.0 Å². The highest BCUT2D eigenvalue weighted by Crippen LogP contribution is 2.39. The Morgan fingerprint density at radius 3 is 2.31 bits per heavy atom. The number of halogens is 1. The SMILES string of the molecule is CCN(CC)CCN1C(=O)C(=O)C(=C(O)c2ccncc2)[C@H]1c1ccc(Cl)cc1. The lowest BCUT2D eigenvalue weighted by atomic mass is 9.95. The number of nitrogens with zero attached hydrogens (tertiary/aromatic N) is 3. The molecule has 1 aromatic carbocycles. The van der Waals surface area contributed by atoms with Crippen LogP contribution in [0.25, 0.3) is 5.76 Å². The Bertz CT molecular complexity index is 909. The van der Waals surface area contributed by atoms with Gasteiger partial charge in [-0.15, -0.1) is 0 Å². The minimum absolute atomic E-state index is 0.0862. The normalized spacial score (nSPS) is 18.6. The van der Waals surface area contributed by atoms with Crippen molar-refractivity contribution in [3.63, 3.8) is 0 Å². The van der Waals surface area contributed by atoms with E-state index in [1.54, 1.807) is 36.4 Å². The van der Waals surface area contributed by atoms with E-state index in [0.717, 1.165) is 18.7 Å². The largest absolute Gasteiger partial charge is 0.507 e. The first kappa shape index (κ1) is 21.0. The van der Waals surface area contributed by atoms with Crippen LogP contribution in [0.5, 0.6) is 0 Å². The van der Waals surface area contributed by atoms with E-state index >= 15 is 0 Å². The number of hydrogen-bond acceptors (Lipinski definition) is 5. The average molecular weight is 414 g/mol. The van der Waals surface area contributed by atoms with E-state index < -0.39 is 17.7 Å². The van der Waals surface area contributed by atoms with Gasteiger partial charge in [-0.2, -0.15) is 0 Å². The van der Waals surface area contributed by atoms with Crippen LogP contribution in [0.3, 0.4) is 0 Å². The van der Waals surface area contributed by atoms with Crippen LogP contribution in [-0.2, 0) is 9.59 Å². The highest BCUT2D eigenvalue weighted by atomic mass is 35.5. The summed E-state index contributed by atoms with van der Waals surface area (Å²) in [5.41, 5.74) is 1.26. The molecule has 6 nitrogen and oxygen atoms in total. The molecule has 1 amide bonds. The van der Waals surface area contributed by atoms with Gasteiger partial charge in [0.2, 0.25) is 0 Å². The minimum atomic E-state index is -0.682. The molecule has 1 aliphatic rings. The van der Waals surface area contributed by atoms with Gasteiger partial charge in [0.25, 0.3) is 11.7 Å². The summed E-state index contributed by atoms with van der Waals surface area (Å²) in [7, 11) is 0. The Labute approximate surface area is 175 Å². The summed E-state index contributed by atoms with van der Waals surface area (Å²) in [6, 6.07) is 9.54. The molecule has 0 saturated carbocycles. The molecule has 29 heavy (non-hydrogen) atoms. The molecule has 2 heterocycles. The monoisotopic (exact) mass is 413 g/mol. The summed E-state index contributed by atoms with van der Waals surface area (Å²) in [6.45, 7) is 6.83. The number of likely N-dealkylation sites (tertiary alicyclic amines) is 1. The van der Waals surface area contributed by atoms with Gasteiger partial charge in [-0.1, -0.05) is 37.6 Å². The zero-order chi connectivity index (χ0) is 21.0. The summed E-state index contributed by atoms with van der Waals surface area (Å²) in [4.78, 5) is 33.4. The summed E-state index contributed by atoms with van der Waals surface area (Å²) in [6.07, 6.45) is 3.06. The molecule has 152 valence electrons. The Morgan fingerprint density at radius 2 is 1.72 bits per heavy atom. The number of pyridine rings is 1. The molecule has 1 atom stereocenters. The standard InChI is InChI=1S/C22H24ClN3O3/c1-3-25(4-2)13-14-26-19(15-5-7-17(23)8-6-15)18(21(28)22(26)29)20(27)16-9-11-24-12-10-16/h5-12,19,27H,3-4,13-14H2,1-2H3/t19-/m1/s1. The summed E-state index contributed by atoms with van der Waals surface area (Å²) in [5.74, 6) is -1.48. The van der Waals surface area contributed by atoms with Crippen molar-refractivity contribution in [3.05, 3.63) is 70.5 Å². The lowest BCUT2D eigenvalue weighted by Crippen LogP contribution is -2.38. The first-order valence-electron chi connectivity index (χ1n) is 9.64. The van der Waals surface area contributed by atoms with Crippen LogP contribution in [0.2, 0.25) is 5.02 Å². The van der Waals surface area contributed by atoms with Crippen molar-refractivity contribution in [2.45, 2.75) is 19.9 Å². The van der Waals surface area contributed by atoms with Crippen LogP contribution in [0.15, 0.2) is 54.4 Å². The molecule has 0 bridgehead atoms. The molecule has 7 heteroatoms. The summed E-state index contributed by atoms with van der Waals surface area (Å²) >= 11 is 6.02. The molecule has 1 N–H and O–H groups in total. The molecule has 1 aromatic heterocycles. The van der Waals surface area contributed by atoms with E-state index in [2.05, 4.69) is 23.7 Å². The summed E-state index contributed by atoms with van der Waals surface area (Å²) in [5, 5.41) is 11.5. The van der Waals surface area contributed by atoms with E-state index in [-0.39, 0.29) is 11.3 Å². The second kappa shape index (κ2) is 9.20. The Hall–Kier alpha value is -2.70. The van der Waals surface area contributed by atoms with Gasteiger partial charge < -0.3 is 14.9 Å². The van der Waals surface area contributed by atoms with Gasteiger partial charge in [0.1, 0.15) is 5.76 Å². The predicted molar refractivity (Wildman–Crippen MR) is 112 cm³/mol. The molecule has 0 aliphatic carbocycles. The first-order chi connectivity index (χ1) is 14.0. The number of hydrogen-bond donors (Lipinski definition) is 1. The third-order valence-corrected chi connectivity index (χ3v) is 5.48. The lowest BCUT2D eigenvalue weighted by molar-refractivity contribution is -0.140. The Kier molecular flexibility index (Phi) is 6.67. The molecule has 1 aliphatic heterocycles. The molecule has 0 spiro atoms. The number of ketones is 1. The van der Waals surface area contributed by atoms with Crippen molar-refractivity contribution < 1.29 is 14.7 Å². The van der Waals surface area contributed by atoms with Gasteiger partial charge in [0.05, 0.1) is 11.6 Å². The van der Waals surface area contributed by atoms with E-state index in [9.17, 15) is 14.7 Å². The highest BCUT2D eigenvalue weighted by molar-refractivity contribution is 6.46. The van der Waals surface area contributed by atoms with Gasteiger partial charge in [0, 0.05) is 36.1 Å². The quantitative estimate of drug-likeness (QED) is 0.427. The van der Waals surface area contributed by atoms with Gasteiger partial charge in [-0.25, -0.2) is 0 Å². The maximum absolute atomic E-state index is 12.9. The van der Waals surface area contributed by atoms with Gasteiger partial charge >= 0.3 is 0 Å². The second-order valence-electron chi connectivity index (χ2n) is 6.81. The fraction of sp³-hybridized carbons (Fsp3) is 0.318. The number of aromatic nitrogens is 1. The number of carbonyl (C=O) groups is 2. The van der Waals surface area contributed by atoms with Crippen LogP contribution in [0.4, 0.5) is 0 Å². The number of benzene rings is 1. The van der Waals surface area contributed by atoms with Crippen LogP contribution in [-0.4, -0.2) is 57.8 Å². The van der Waals surface area contributed by atoms with E-state index in [1.807, 2.05) is 0 Å². The van der Waals surface area contributed by atoms with Crippen molar-refractivity contribution in [3.8, 4) is 0 Å². The van der Waals surface area contributed by atoms with Crippen molar-refractivity contribution in [2.75, 3.05) is 26.2 Å². The van der Waals surface area contributed by atoms with Crippen LogP contribution in [0, 0.1) is 0 Å². The van der Waals surface area contributed by atoms with Crippen LogP contribution >= 0.6 is 11.6 Å². The molecular weight excluding hydrogens is 390 g/mol. The topological polar surface area (TPSA) is 73.7 Å². The van der Waals surface area contributed by atoms with Crippen LogP contribution < -0.4 is 0 Å². The molecule has 0 unspecified atom stereocenters. The van der Waals surface area contributed by atoms with E-state index in [0.29, 0.717) is 23.7 Å². The Balaban J connectivity index is 2.07. The summed E-state index contributed by atoms with van der Waals surface area (Å²) < 4.78 is 0. The van der Waals surface area contributed by atoms with Gasteiger partial charge in [-0.05, 0) is 42.9 Å². The number of amides is 1. The molecule has 0 radical (unpaired) electrons. The zero-order valence-corrected chi connectivity index (χ0v) is 17.3. The van der Waals surface area contributed by atoms with Gasteiger partial charge in [0.15, 0.2) is 0 Å². The minimum Gasteiger partial charge on any atom is -0.507 e. The first-order valence-corrected chi connectivity index (χ1v) is 10.0. The molecule has 1 saturated heterocycles. The van der Waals surface area contributed by atoms with Crippen molar-refractivity contribution >= 4 is 29.1 Å². The van der Waals surface area contributed by atoms with Crippen molar-refractivity contribution in [2.24, 2.45) is 0 Å². The lowest BCUT2D eigenvalue weighted by Gasteiger charge is -2.28. The highest BCUT2D eigenvalue weighted by Gasteiger charge is 2.45. The molecule has 3 rings (SSSR count). The molecular formula is C22H24ClN3O3. The predicted octanol–water partition coefficient (Wildman–Crippen LogP) is 3.50. The number of likely N-dealkylation sites (N-methyl/N-ethyl adjacent to an activating group) is 1. The number of Topliss-reactive ketones (excluding diaryl/α,β-unsaturated/α-hetero) is 1. The van der Waals surface area contributed by atoms with Gasteiger partial charge in [-0.3, -0.25) is 14.6 Å². The number of aliphatic hydroxyl groups excluding tert-OH is 1. The van der Waals surface area contributed by atoms with Crippen molar-refractivity contribution in [1.29, 1.82) is 0 Å². The van der Waals surface area contributed by atoms with E-state index in [4.69, 9.17) is 11.6 Å². The second-order valence-corrected chi connectivity index (χ2v) is 7.24. The maximum Gasteiger partial charge on any atom is 0.295 e. The molecule has 1 fully saturated rings. The zero-order valence-electron chi connectivity index (χ0n) is 16.5. The molecule has 2 aromatic rings. The van der Waals surface area contributed by atoms with Crippen molar-refractivity contribution in [1.82, 2.24) is 14.8 Å². The third kappa shape index (κ3) is 4.33. The third-order valence-electron chi connectivity index (χ3n) is 5.23. The smallest absolute Gasteiger partial charge is 0.295 e. The Morgan fingerprint density at radius 1 is 1.10 bits per heavy atom. The maximum atomic E-state index is 12.9. The number of aliphatic hydroxyl groups is 1. The number of rotatable bonds is 7. The average Bonchev–Trinajstić information content (AvgIpc) is 3.00. The van der Waals surface area contributed by atoms with E-state index in [1.165, 1.54) is 17.3 Å². The fourth-order valence-electron chi connectivity index (χ4n) is 3.56. The fourth-order valence-corrected chi connectivity index (χ4v) is 3.68. The number of carbonyl (C=O) groups excluding carboxylic acids is 2.